The molecule has 2 aromatic rings. The zero-order valence-electron chi connectivity index (χ0n) is 15.1. The van der Waals surface area contributed by atoms with Gasteiger partial charge in [0, 0.05) is 20.1 Å². The molecule has 0 atom stereocenters. The van der Waals surface area contributed by atoms with Crippen molar-refractivity contribution in [2.75, 3.05) is 27.0 Å². The number of aryl methyl sites for hydroxylation is 2. The van der Waals surface area contributed by atoms with Gasteiger partial charge in [-0.15, -0.1) is 5.10 Å². The Labute approximate surface area is 151 Å². The summed E-state index contributed by atoms with van der Waals surface area (Å²) in [6.07, 6.45) is 0. The average molecular weight is 365 g/mol. The summed E-state index contributed by atoms with van der Waals surface area (Å²) in [4.78, 5) is 14.1. The van der Waals surface area contributed by atoms with Crippen LogP contribution >= 0.6 is 11.8 Å². The molecule has 0 aliphatic rings. The Kier molecular flexibility index (Phi) is 6.63. The molecule has 136 valence electrons. The molecule has 25 heavy (non-hydrogen) atoms. The molecule has 2 rings (SSSR count). The van der Waals surface area contributed by atoms with Gasteiger partial charge >= 0.3 is 0 Å². The molecule has 0 unspecified atom stereocenters. The Hall–Kier alpha value is -2.29. The lowest BCUT2D eigenvalue weighted by Crippen LogP contribution is -2.28. The van der Waals surface area contributed by atoms with Crippen LogP contribution in [0.2, 0.25) is 0 Å². The average Bonchev–Trinajstić information content (AvgIpc) is 3.08. The molecule has 0 fully saturated rings. The Morgan fingerprint density at radius 1 is 1.28 bits per heavy atom. The zero-order valence-corrected chi connectivity index (χ0v) is 16.0. The van der Waals surface area contributed by atoms with Crippen molar-refractivity contribution in [3.8, 4) is 11.5 Å². The van der Waals surface area contributed by atoms with Crippen LogP contribution in [0.15, 0.2) is 17.3 Å². The van der Waals surface area contributed by atoms with Crippen LogP contribution in [0, 0.1) is 6.92 Å². The summed E-state index contributed by atoms with van der Waals surface area (Å²) in [5.74, 6) is 1.62. The number of ether oxygens (including phenoxy) is 2. The quantitative estimate of drug-likeness (QED) is 0.659. The molecule has 0 aliphatic heterocycles. The fraction of sp³-hybridized carbons (Fsp3) is 0.500. The molecule has 0 N–H and O–H groups in total. The highest BCUT2D eigenvalue weighted by Gasteiger charge is 2.15. The summed E-state index contributed by atoms with van der Waals surface area (Å²) in [6.45, 7) is 5.10. The van der Waals surface area contributed by atoms with Crippen LogP contribution < -0.4 is 9.47 Å². The second kappa shape index (κ2) is 8.70. The van der Waals surface area contributed by atoms with Gasteiger partial charge in [0.15, 0.2) is 11.5 Å². The van der Waals surface area contributed by atoms with E-state index in [1.165, 1.54) is 11.8 Å². The molecule has 8 nitrogen and oxygen atoms in total. The molecular weight excluding hydrogens is 342 g/mol. The number of benzene rings is 1. The van der Waals surface area contributed by atoms with Crippen LogP contribution in [0.5, 0.6) is 11.5 Å². The molecule has 1 aromatic carbocycles. The number of hydrogen-bond acceptors (Lipinski definition) is 7. The predicted octanol–water partition coefficient (Wildman–Crippen LogP) is 1.77. The molecule has 0 saturated carbocycles. The smallest absolute Gasteiger partial charge is 0.233 e. The van der Waals surface area contributed by atoms with Crippen molar-refractivity contribution < 1.29 is 14.3 Å². The maximum Gasteiger partial charge on any atom is 0.233 e. The van der Waals surface area contributed by atoms with Gasteiger partial charge in [-0.05, 0) is 47.5 Å². The number of amides is 1. The van der Waals surface area contributed by atoms with E-state index in [2.05, 4.69) is 15.5 Å². The number of aromatic nitrogens is 4. The third-order valence-corrected chi connectivity index (χ3v) is 4.74. The van der Waals surface area contributed by atoms with Crippen LogP contribution in [0.1, 0.15) is 18.1 Å². The Balaban J connectivity index is 2.01. The molecule has 1 aromatic heterocycles. The van der Waals surface area contributed by atoms with Crippen molar-refractivity contribution in [3.05, 3.63) is 23.3 Å². The van der Waals surface area contributed by atoms with Gasteiger partial charge < -0.3 is 14.4 Å². The number of carbonyl (C=O) groups excluding carboxylic acids is 1. The van der Waals surface area contributed by atoms with Crippen LogP contribution in [0.4, 0.5) is 0 Å². The van der Waals surface area contributed by atoms with Crippen LogP contribution in [-0.4, -0.2) is 58.0 Å². The summed E-state index contributed by atoms with van der Waals surface area (Å²) < 4.78 is 12.3. The van der Waals surface area contributed by atoms with Crippen LogP contribution in [-0.2, 0) is 17.9 Å². The summed E-state index contributed by atoms with van der Waals surface area (Å²) in [5.41, 5.74) is 2.05. The number of nitrogens with zero attached hydrogens (tertiary/aromatic N) is 5. The SMILES string of the molecule is CCn1nnnc1SCC(=O)N(C)Cc1cc(OC)c(OC)cc1C. The number of rotatable bonds is 8. The number of carbonyl (C=O) groups is 1. The van der Waals surface area contributed by atoms with Gasteiger partial charge in [-0.2, -0.15) is 0 Å². The van der Waals surface area contributed by atoms with Gasteiger partial charge in [0.25, 0.3) is 0 Å². The second-order valence-electron chi connectivity index (χ2n) is 5.45. The van der Waals surface area contributed by atoms with E-state index in [1.807, 2.05) is 26.0 Å². The lowest BCUT2D eigenvalue weighted by Gasteiger charge is -2.19. The van der Waals surface area contributed by atoms with Crippen molar-refractivity contribution in [1.82, 2.24) is 25.1 Å². The number of tetrazole rings is 1. The van der Waals surface area contributed by atoms with Crippen molar-refractivity contribution in [2.45, 2.75) is 32.1 Å². The molecule has 0 aliphatic carbocycles. The van der Waals surface area contributed by atoms with Crippen molar-refractivity contribution in [1.29, 1.82) is 0 Å². The largest absolute Gasteiger partial charge is 0.493 e. The van der Waals surface area contributed by atoms with E-state index in [0.29, 0.717) is 29.7 Å². The first kappa shape index (κ1) is 19.0. The zero-order chi connectivity index (χ0) is 18.4. The molecule has 0 spiro atoms. The minimum Gasteiger partial charge on any atom is -0.493 e. The first-order valence-electron chi connectivity index (χ1n) is 7.84. The van der Waals surface area contributed by atoms with Gasteiger partial charge in [0.05, 0.1) is 20.0 Å². The van der Waals surface area contributed by atoms with E-state index in [-0.39, 0.29) is 11.7 Å². The fourth-order valence-corrected chi connectivity index (χ4v) is 3.15. The highest BCUT2D eigenvalue weighted by molar-refractivity contribution is 7.99. The highest BCUT2D eigenvalue weighted by Crippen LogP contribution is 2.30. The van der Waals surface area contributed by atoms with E-state index >= 15 is 0 Å². The van der Waals surface area contributed by atoms with Crippen molar-refractivity contribution in [3.63, 3.8) is 0 Å². The fourth-order valence-electron chi connectivity index (χ4n) is 2.27. The first-order chi connectivity index (χ1) is 12.0. The lowest BCUT2D eigenvalue weighted by molar-refractivity contribution is -0.127. The van der Waals surface area contributed by atoms with E-state index in [9.17, 15) is 4.79 Å². The number of thioether (sulfide) groups is 1. The van der Waals surface area contributed by atoms with Crippen molar-refractivity contribution in [2.24, 2.45) is 0 Å². The van der Waals surface area contributed by atoms with Gasteiger partial charge in [-0.25, -0.2) is 4.68 Å². The van der Waals surface area contributed by atoms with E-state index in [0.717, 1.165) is 11.1 Å². The third kappa shape index (κ3) is 4.62. The van der Waals surface area contributed by atoms with Gasteiger partial charge in [0.2, 0.25) is 11.1 Å². The van der Waals surface area contributed by atoms with Gasteiger partial charge in [0.1, 0.15) is 0 Å². The molecule has 0 radical (unpaired) electrons. The lowest BCUT2D eigenvalue weighted by atomic mass is 10.1. The van der Waals surface area contributed by atoms with Crippen molar-refractivity contribution >= 4 is 17.7 Å². The summed E-state index contributed by atoms with van der Waals surface area (Å²) >= 11 is 1.33. The molecular formula is C16H23N5O3S. The summed E-state index contributed by atoms with van der Waals surface area (Å²) in [5, 5.41) is 12.0. The Morgan fingerprint density at radius 2 is 1.96 bits per heavy atom. The van der Waals surface area contributed by atoms with Crippen LogP contribution in [0.25, 0.3) is 0 Å². The maximum atomic E-state index is 12.4. The topological polar surface area (TPSA) is 82.4 Å². The van der Waals surface area contributed by atoms with E-state index in [4.69, 9.17) is 9.47 Å². The molecule has 1 amide bonds. The van der Waals surface area contributed by atoms with Gasteiger partial charge in [-0.1, -0.05) is 11.8 Å². The van der Waals surface area contributed by atoms with Gasteiger partial charge in [-0.3, -0.25) is 4.79 Å². The maximum absolute atomic E-state index is 12.4. The first-order valence-corrected chi connectivity index (χ1v) is 8.83. The normalized spacial score (nSPS) is 10.6. The predicted molar refractivity (Wildman–Crippen MR) is 95.0 cm³/mol. The molecule has 0 bridgehead atoms. The van der Waals surface area contributed by atoms with E-state index in [1.54, 1.807) is 30.8 Å². The minimum absolute atomic E-state index is 0.00448. The number of methoxy groups -OCH3 is 2. The van der Waals surface area contributed by atoms with Crippen LogP contribution in [0.3, 0.4) is 0 Å². The molecule has 9 heteroatoms. The minimum atomic E-state index is 0.00448. The summed E-state index contributed by atoms with van der Waals surface area (Å²) in [7, 11) is 4.98. The Bertz CT molecular complexity index is 735. The Morgan fingerprint density at radius 3 is 2.60 bits per heavy atom. The second-order valence-corrected chi connectivity index (χ2v) is 6.39. The highest BCUT2D eigenvalue weighted by atomic mass is 32.2. The monoisotopic (exact) mass is 365 g/mol. The third-order valence-electron chi connectivity index (χ3n) is 3.80. The summed E-state index contributed by atoms with van der Waals surface area (Å²) in [6, 6.07) is 3.82. The van der Waals surface area contributed by atoms with E-state index < -0.39 is 0 Å². The number of hydrogen-bond donors (Lipinski definition) is 0. The molecule has 0 saturated heterocycles. The standard InChI is InChI=1S/C16H23N5O3S/c1-6-21-16(17-18-19-21)25-10-15(22)20(3)9-12-8-14(24-5)13(23-4)7-11(12)2/h7-8H,6,9-10H2,1-5H3. The molecule has 1 heterocycles.